The second kappa shape index (κ2) is 3.14. The highest BCUT2D eigenvalue weighted by Gasteiger charge is 2.40. The molecule has 0 amide bonds. The number of methoxy groups -OCH3 is 2. The topological polar surface area (TPSA) is 30.5 Å². The first-order chi connectivity index (χ1) is 7.35. The summed E-state index contributed by atoms with van der Waals surface area (Å²) in [5.41, 5.74) is 2.63. The van der Waals surface area contributed by atoms with Crippen LogP contribution >= 0.6 is 0 Å². The van der Waals surface area contributed by atoms with Gasteiger partial charge in [-0.3, -0.25) is 0 Å². The molecule has 3 nitrogen and oxygen atoms in total. The highest BCUT2D eigenvalue weighted by atomic mass is 16.5. The number of benzene rings is 1. The third-order valence-electron chi connectivity index (χ3n) is 3.49. The fourth-order valence-corrected chi connectivity index (χ4v) is 2.87. The average molecular weight is 205 g/mol. The van der Waals surface area contributed by atoms with E-state index in [1.165, 1.54) is 24.0 Å². The Kier molecular flexibility index (Phi) is 1.89. The average Bonchev–Trinajstić information content (AvgIpc) is 2.88. The van der Waals surface area contributed by atoms with Gasteiger partial charge < -0.3 is 14.8 Å². The van der Waals surface area contributed by atoms with Crippen molar-refractivity contribution >= 4 is 0 Å². The molecule has 0 spiro atoms. The summed E-state index contributed by atoms with van der Waals surface area (Å²) in [5, 5.41) is 3.58. The van der Waals surface area contributed by atoms with Crippen LogP contribution in [0.2, 0.25) is 0 Å². The molecule has 1 saturated heterocycles. The van der Waals surface area contributed by atoms with Crippen molar-refractivity contribution in [2.75, 3.05) is 14.2 Å². The first-order valence-electron chi connectivity index (χ1n) is 5.36. The monoisotopic (exact) mass is 205 g/mol. The number of rotatable bonds is 2. The quantitative estimate of drug-likeness (QED) is 0.802. The predicted molar refractivity (Wildman–Crippen MR) is 57.4 cm³/mol. The molecular formula is C12H15NO2. The number of nitrogens with one attached hydrogen (secondary N) is 1. The van der Waals surface area contributed by atoms with E-state index in [1.54, 1.807) is 14.2 Å². The second-order valence-electron chi connectivity index (χ2n) is 4.15. The molecule has 0 unspecified atom stereocenters. The van der Waals surface area contributed by atoms with Crippen LogP contribution in [0, 0.1) is 0 Å². The smallest absolute Gasteiger partial charge is 0.124 e. The Bertz CT molecular complexity index is 366. The minimum atomic E-state index is 0.468. The lowest BCUT2D eigenvalue weighted by Gasteiger charge is -2.19. The summed E-state index contributed by atoms with van der Waals surface area (Å²) in [6.45, 7) is 0. The minimum absolute atomic E-state index is 0.468. The molecule has 3 rings (SSSR count). The van der Waals surface area contributed by atoms with Crippen molar-refractivity contribution in [3.8, 4) is 11.5 Å². The van der Waals surface area contributed by atoms with Crippen molar-refractivity contribution in [3.05, 3.63) is 23.3 Å². The van der Waals surface area contributed by atoms with Gasteiger partial charge in [-0.25, -0.2) is 0 Å². The third kappa shape index (κ3) is 1.10. The Labute approximate surface area is 89.4 Å². The molecule has 2 bridgehead atoms. The predicted octanol–water partition coefficient (Wildman–Crippen LogP) is 2.18. The van der Waals surface area contributed by atoms with Gasteiger partial charge in [0.05, 0.1) is 14.2 Å². The van der Waals surface area contributed by atoms with Gasteiger partial charge in [0.25, 0.3) is 0 Å². The van der Waals surface area contributed by atoms with Gasteiger partial charge in [-0.2, -0.15) is 0 Å². The maximum Gasteiger partial charge on any atom is 0.124 e. The Hall–Kier alpha value is -1.22. The molecular weight excluding hydrogens is 190 g/mol. The van der Waals surface area contributed by atoms with Crippen molar-refractivity contribution in [3.63, 3.8) is 0 Å². The van der Waals surface area contributed by atoms with E-state index >= 15 is 0 Å². The lowest BCUT2D eigenvalue weighted by Crippen LogP contribution is -2.06. The third-order valence-corrected chi connectivity index (χ3v) is 3.49. The van der Waals surface area contributed by atoms with Gasteiger partial charge in [-0.05, 0) is 25.0 Å². The summed E-state index contributed by atoms with van der Waals surface area (Å²) < 4.78 is 10.8. The molecule has 1 fully saturated rings. The Morgan fingerprint density at radius 1 is 1.00 bits per heavy atom. The fourth-order valence-electron chi connectivity index (χ4n) is 2.87. The number of hydrogen-bond donors (Lipinski definition) is 1. The molecule has 0 saturated carbocycles. The van der Waals surface area contributed by atoms with E-state index in [0.717, 1.165) is 11.5 Å². The van der Waals surface area contributed by atoms with E-state index in [9.17, 15) is 0 Å². The van der Waals surface area contributed by atoms with E-state index in [0.29, 0.717) is 12.1 Å². The summed E-state index contributed by atoms with van der Waals surface area (Å²) >= 11 is 0. The van der Waals surface area contributed by atoms with Crippen LogP contribution in [0.25, 0.3) is 0 Å². The summed E-state index contributed by atoms with van der Waals surface area (Å²) in [6.07, 6.45) is 2.42. The molecule has 80 valence electrons. The molecule has 2 aliphatic rings. The second-order valence-corrected chi connectivity index (χ2v) is 4.15. The zero-order valence-corrected chi connectivity index (χ0v) is 9.04. The lowest BCUT2D eigenvalue weighted by atomic mass is 9.90. The first kappa shape index (κ1) is 9.04. The SMILES string of the molecule is COc1ccc(OC)c2c1[C@H]1CC[C@H]2N1. The maximum absolute atomic E-state index is 5.41. The molecule has 1 aromatic carbocycles. The first-order valence-corrected chi connectivity index (χ1v) is 5.36. The zero-order chi connectivity index (χ0) is 10.4. The number of hydrogen-bond acceptors (Lipinski definition) is 3. The van der Waals surface area contributed by atoms with Gasteiger partial charge in [-0.15, -0.1) is 0 Å². The van der Waals surface area contributed by atoms with Crippen molar-refractivity contribution in [2.24, 2.45) is 0 Å². The van der Waals surface area contributed by atoms with Crippen molar-refractivity contribution in [1.82, 2.24) is 5.32 Å². The van der Waals surface area contributed by atoms with Crippen molar-refractivity contribution in [1.29, 1.82) is 0 Å². The largest absolute Gasteiger partial charge is 0.496 e. The van der Waals surface area contributed by atoms with Gasteiger partial charge >= 0.3 is 0 Å². The van der Waals surface area contributed by atoms with Gasteiger partial charge in [0, 0.05) is 23.2 Å². The normalized spacial score (nSPS) is 26.5. The fraction of sp³-hybridized carbons (Fsp3) is 0.500. The van der Waals surface area contributed by atoms with Crippen LogP contribution in [0.1, 0.15) is 36.1 Å². The molecule has 0 aliphatic carbocycles. The molecule has 1 aromatic rings. The highest BCUT2D eigenvalue weighted by Crippen LogP contribution is 2.52. The molecule has 2 aliphatic heterocycles. The van der Waals surface area contributed by atoms with Crippen LogP contribution in [0.3, 0.4) is 0 Å². The standard InChI is InChI=1S/C12H15NO2/c1-14-9-5-6-10(15-2)12-8-4-3-7(13-8)11(9)12/h5-8,13H,3-4H2,1-2H3/t7-,8-/m1/s1. The maximum atomic E-state index is 5.41. The molecule has 1 N–H and O–H groups in total. The van der Waals surface area contributed by atoms with Gasteiger partial charge in [0.2, 0.25) is 0 Å². The number of ether oxygens (including phenoxy) is 2. The lowest BCUT2D eigenvalue weighted by molar-refractivity contribution is 0.391. The van der Waals surface area contributed by atoms with Gasteiger partial charge in [0.15, 0.2) is 0 Å². The van der Waals surface area contributed by atoms with Crippen LogP contribution in [0.4, 0.5) is 0 Å². The Morgan fingerprint density at radius 2 is 1.47 bits per heavy atom. The van der Waals surface area contributed by atoms with E-state index in [1.807, 2.05) is 12.1 Å². The minimum Gasteiger partial charge on any atom is -0.496 e. The summed E-state index contributed by atoms with van der Waals surface area (Å²) in [6, 6.07) is 4.94. The Balaban J connectivity index is 2.21. The van der Waals surface area contributed by atoms with E-state index < -0.39 is 0 Å². The van der Waals surface area contributed by atoms with E-state index in [-0.39, 0.29) is 0 Å². The van der Waals surface area contributed by atoms with E-state index in [4.69, 9.17) is 9.47 Å². The molecule has 0 aromatic heterocycles. The summed E-state index contributed by atoms with van der Waals surface area (Å²) in [7, 11) is 3.46. The van der Waals surface area contributed by atoms with Gasteiger partial charge in [0.1, 0.15) is 11.5 Å². The van der Waals surface area contributed by atoms with Crippen molar-refractivity contribution in [2.45, 2.75) is 24.9 Å². The zero-order valence-electron chi connectivity index (χ0n) is 9.04. The van der Waals surface area contributed by atoms with Gasteiger partial charge in [-0.1, -0.05) is 0 Å². The molecule has 2 atom stereocenters. The van der Waals surface area contributed by atoms with Crippen LogP contribution in [-0.4, -0.2) is 14.2 Å². The van der Waals surface area contributed by atoms with Crippen molar-refractivity contribution < 1.29 is 9.47 Å². The van der Waals surface area contributed by atoms with Crippen LogP contribution in [0.15, 0.2) is 12.1 Å². The van der Waals surface area contributed by atoms with E-state index in [2.05, 4.69) is 5.32 Å². The summed E-state index contributed by atoms with van der Waals surface area (Å²) in [4.78, 5) is 0. The van der Waals surface area contributed by atoms with Crippen LogP contribution in [-0.2, 0) is 0 Å². The summed E-state index contributed by atoms with van der Waals surface area (Å²) in [5.74, 6) is 1.98. The van der Waals surface area contributed by atoms with Crippen LogP contribution < -0.4 is 14.8 Å². The molecule has 15 heavy (non-hydrogen) atoms. The molecule has 3 heteroatoms. The molecule has 2 heterocycles. The van der Waals surface area contributed by atoms with Crippen LogP contribution in [0.5, 0.6) is 11.5 Å². The molecule has 0 radical (unpaired) electrons. The number of fused-ring (bicyclic) bond motifs is 5. The Morgan fingerprint density at radius 3 is 1.87 bits per heavy atom. The highest BCUT2D eigenvalue weighted by molar-refractivity contribution is 5.56.